The maximum Gasteiger partial charge on any atom is 0.252 e. The van der Waals surface area contributed by atoms with Crippen LogP contribution in [0.1, 0.15) is 31.3 Å². The Kier molecular flexibility index (Phi) is 6.28. The number of hydrogen-bond donors (Lipinski definition) is 3. The Bertz CT molecular complexity index is 928. The van der Waals surface area contributed by atoms with Gasteiger partial charge >= 0.3 is 0 Å². The molecule has 29 heavy (non-hydrogen) atoms. The molecule has 0 bridgehead atoms. The zero-order valence-electron chi connectivity index (χ0n) is 16.4. The number of rotatable bonds is 6. The van der Waals surface area contributed by atoms with Gasteiger partial charge in [0, 0.05) is 25.1 Å². The number of nitrogens with two attached hydrogens (primary N) is 1. The number of anilines is 1. The summed E-state index contributed by atoms with van der Waals surface area (Å²) in [6.45, 7) is 3.91. The van der Waals surface area contributed by atoms with Crippen LogP contribution >= 0.6 is 0 Å². The maximum absolute atomic E-state index is 12.9. The minimum absolute atomic E-state index is 0.0894. The first-order chi connectivity index (χ1) is 13.9. The Morgan fingerprint density at radius 1 is 1.34 bits per heavy atom. The van der Waals surface area contributed by atoms with E-state index in [1.165, 1.54) is 6.07 Å². The fourth-order valence-electron chi connectivity index (χ4n) is 3.49. The predicted molar refractivity (Wildman–Crippen MR) is 107 cm³/mol. The Morgan fingerprint density at radius 3 is 2.72 bits per heavy atom. The SMILES string of the molecule is CC(C)N1C(=O)CO[C@H](C(=O)NCCc2nc(N)cc(=O)[nH]2)[C@H]1c1ccccc1. The van der Waals surface area contributed by atoms with Crippen LogP contribution in [-0.2, 0) is 20.7 Å². The molecule has 0 radical (unpaired) electrons. The van der Waals surface area contributed by atoms with Gasteiger partial charge in [0.25, 0.3) is 11.5 Å². The topological polar surface area (TPSA) is 130 Å². The Labute approximate surface area is 168 Å². The molecule has 4 N–H and O–H groups in total. The van der Waals surface area contributed by atoms with Crippen molar-refractivity contribution in [1.82, 2.24) is 20.2 Å². The van der Waals surface area contributed by atoms with Gasteiger partial charge in [-0.15, -0.1) is 0 Å². The second-order valence-corrected chi connectivity index (χ2v) is 7.14. The van der Waals surface area contributed by atoms with Gasteiger partial charge in [-0.3, -0.25) is 14.4 Å². The van der Waals surface area contributed by atoms with Crippen LogP contribution in [0.2, 0.25) is 0 Å². The van der Waals surface area contributed by atoms with Crippen molar-refractivity contribution in [2.24, 2.45) is 0 Å². The molecule has 1 fully saturated rings. The third-order valence-corrected chi connectivity index (χ3v) is 4.69. The summed E-state index contributed by atoms with van der Waals surface area (Å²) in [4.78, 5) is 45.1. The van der Waals surface area contributed by atoms with Crippen molar-refractivity contribution >= 4 is 17.6 Å². The smallest absolute Gasteiger partial charge is 0.252 e. The van der Waals surface area contributed by atoms with Gasteiger partial charge in [0.05, 0.1) is 6.04 Å². The predicted octanol–water partition coefficient (Wildman–Crippen LogP) is 0.388. The highest BCUT2D eigenvalue weighted by Crippen LogP contribution is 2.32. The van der Waals surface area contributed by atoms with E-state index in [2.05, 4.69) is 15.3 Å². The average molecular weight is 399 g/mol. The van der Waals surface area contributed by atoms with E-state index < -0.39 is 12.1 Å². The number of ether oxygens (including phenoxy) is 1. The van der Waals surface area contributed by atoms with Crippen LogP contribution in [0.15, 0.2) is 41.2 Å². The number of carbonyl (C=O) groups excluding carboxylic acids is 2. The lowest BCUT2D eigenvalue weighted by Gasteiger charge is -2.42. The summed E-state index contributed by atoms with van der Waals surface area (Å²) in [5.41, 5.74) is 6.06. The second kappa shape index (κ2) is 8.87. The van der Waals surface area contributed by atoms with E-state index in [9.17, 15) is 14.4 Å². The molecule has 3 rings (SSSR count). The Hall–Kier alpha value is -3.20. The first kappa shape index (κ1) is 20.5. The van der Waals surface area contributed by atoms with Gasteiger partial charge in [-0.25, -0.2) is 4.98 Å². The van der Waals surface area contributed by atoms with E-state index in [-0.39, 0.29) is 42.4 Å². The molecular formula is C20H25N5O4. The van der Waals surface area contributed by atoms with Gasteiger partial charge in [0.2, 0.25) is 5.91 Å². The number of morpholine rings is 1. The van der Waals surface area contributed by atoms with Crippen molar-refractivity contribution in [2.45, 2.75) is 38.5 Å². The van der Waals surface area contributed by atoms with Gasteiger partial charge in [-0.1, -0.05) is 30.3 Å². The van der Waals surface area contributed by atoms with Crippen molar-refractivity contribution in [3.63, 3.8) is 0 Å². The summed E-state index contributed by atoms with van der Waals surface area (Å²) in [7, 11) is 0. The van der Waals surface area contributed by atoms with E-state index in [1.54, 1.807) is 4.90 Å². The lowest BCUT2D eigenvalue weighted by molar-refractivity contribution is -0.167. The number of benzene rings is 1. The maximum atomic E-state index is 12.9. The van der Waals surface area contributed by atoms with Gasteiger partial charge in [0.1, 0.15) is 18.2 Å². The highest BCUT2D eigenvalue weighted by Gasteiger charge is 2.42. The molecule has 2 atom stereocenters. The third-order valence-electron chi connectivity index (χ3n) is 4.69. The zero-order valence-corrected chi connectivity index (χ0v) is 16.4. The largest absolute Gasteiger partial charge is 0.383 e. The first-order valence-corrected chi connectivity index (χ1v) is 9.48. The minimum atomic E-state index is -0.842. The summed E-state index contributed by atoms with van der Waals surface area (Å²) in [5, 5.41) is 2.81. The van der Waals surface area contributed by atoms with E-state index >= 15 is 0 Å². The molecule has 1 aliphatic heterocycles. The van der Waals surface area contributed by atoms with Crippen LogP contribution in [0.25, 0.3) is 0 Å². The first-order valence-electron chi connectivity index (χ1n) is 9.48. The molecule has 9 heteroatoms. The van der Waals surface area contributed by atoms with E-state index in [4.69, 9.17) is 10.5 Å². The summed E-state index contributed by atoms with van der Waals surface area (Å²) in [6.07, 6.45) is -0.535. The van der Waals surface area contributed by atoms with Crippen LogP contribution in [0.4, 0.5) is 5.82 Å². The molecule has 154 valence electrons. The number of aromatic nitrogens is 2. The molecule has 0 saturated carbocycles. The molecule has 1 aromatic carbocycles. The number of nitrogens with zero attached hydrogens (tertiary/aromatic N) is 2. The molecule has 0 aliphatic carbocycles. The van der Waals surface area contributed by atoms with Crippen molar-refractivity contribution in [3.8, 4) is 0 Å². The quantitative estimate of drug-likeness (QED) is 0.644. The summed E-state index contributed by atoms with van der Waals surface area (Å²) < 4.78 is 5.64. The van der Waals surface area contributed by atoms with Crippen molar-refractivity contribution in [2.75, 3.05) is 18.9 Å². The fraction of sp³-hybridized carbons (Fsp3) is 0.400. The average Bonchev–Trinajstić information content (AvgIpc) is 2.67. The number of nitrogens with one attached hydrogen (secondary N) is 2. The molecule has 2 heterocycles. The number of amides is 2. The van der Waals surface area contributed by atoms with Crippen LogP contribution in [0.5, 0.6) is 0 Å². The monoisotopic (exact) mass is 399 g/mol. The van der Waals surface area contributed by atoms with Gasteiger partial charge in [-0.2, -0.15) is 0 Å². The number of hydrogen-bond acceptors (Lipinski definition) is 6. The molecule has 9 nitrogen and oxygen atoms in total. The molecule has 1 aromatic heterocycles. The highest BCUT2D eigenvalue weighted by molar-refractivity contribution is 5.86. The molecule has 2 aromatic rings. The zero-order chi connectivity index (χ0) is 21.0. The van der Waals surface area contributed by atoms with E-state index in [0.29, 0.717) is 12.2 Å². The number of H-pyrrole nitrogens is 1. The van der Waals surface area contributed by atoms with Crippen LogP contribution in [-0.4, -0.2) is 52.0 Å². The second-order valence-electron chi connectivity index (χ2n) is 7.14. The number of aromatic amines is 1. The highest BCUT2D eigenvalue weighted by atomic mass is 16.5. The van der Waals surface area contributed by atoms with Crippen LogP contribution in [0, 0.1) is 0 Å². The fourth-order valence-corrected chi connectivity index (χ4v) is 3.49. The molecular weight excluding hydrogens is 374 g/mol. The third kappa shape index (κ3) is 4.80. The number of carbonyl (C=O) groups is 2. The molecule has 0 unspecified atom stereocenters. The normalized spacial score (nSPS) is 19.4. The Morgan fingerprint density at radius 2 is 2.07 bits per heavy atom. The molecule has 1 aliphatic rings. The van der Waals surface area contributed by atoms with E-state index in [1.807, 2.05) is 44.2 Å². The van der Waals surface area contributed by atoms with Crippen molar-refractivity contribution in [3.05, 3.63) is 58.1 Å². The molecule has 0 spiro atoms. The summed E-state index contributed by atoms with van der Waals surface area (Å²) >= 11 is 0. The summed E-state index contributed by atoms with van der Waals surface area (Å²) in [5.74, 6) is 0.0297. The van der Waals surface area contributed by atoms with Gasteiger partial charge < -0.3 is 25.7 Å². The lowest BCUT2D eigenvalue weighted by atomic mass is 9.96. The van der Waals surface area contributed by atoms with Crippen LogP contribution < -0.4 is 16.6 Å². The number of nitrogen functional groups attached to an aromatic ring is 1. The van der Waals surface area contributed by atoms with E-state index in [0.717, 1.165) is 5.56 Å². The lowest BCUT2D eigenvalue weighted by Crippen LogP contribution is -2.56. The molecule has 1 saturated heterocycles. The van der Waals surface area contributed by atoms with Crippen molar-refractivity contribution < 1.29 is 14.3 Å². The summed E-state index contributed by atoms with van der Waals surface area (Å²) in [6, 6.07) is 9.94. The van der Waals surface area contributed by atoms with Gasteiger partial charge in [-0.05, 0) is 19.4 Å². The standard InChI is InChI=1S/C20H25N5O4/c1-12(2)25-17(27)11-29-19(18(25)13-6-4-3-5-7-13)20(28)22-9-8-15-23-14(21)10-16(26)24-15/h3-7,10,12,18-19H,8-9,11H2,1-2H3,(H,22,28)(H3,21,23,24,26)/t18-,19+/m1/s1. The van der Waals surface area contributed by atoms with Crippen molar-refractivity contribution in [1.29, 1.82) is 0 Å². The molecule has 2 amide bonds. The minimum Gasteiger partial charge on any atom is -0.383 e. The Balaban J connectivity index is 1.74. The van der Waals surface area contributed by atoms with Crippen LogP contribution in [0.3, 0.4) is 0 Å². The van der Waals surface area contributed by atoms with Gasteiger partial charge in [0.15, 0.2) is 6.10 Å².